The van der Waals surface area contributed by atoms with Crippen molar-refractivity contribution in [2.24, 2.45) is 0 Å². The lowest BCUT2D eigenvalue weighted by Crippen LogP contribution is -2.51. The fourth-order valence-corrected chi connectivity index (χ4v) is 4.39. The van der Waals surface area contributed by atoms with E-state index in [1.165, 1.54) is 7.11 Å². The SMILES string of the molecule is COC(=O)[C@H](Cc1ccc(C(=O)c2ccccc2)cc1)NC(=O)C(C)(c1ccccc1)c1ccccc1. The van der Waals surface area contributed by atoms with Crippen molar-refractivity contribution in [3.8, 4) is 0 Å². The number of methoxy groups -OCH3 is 1. The second-order valence-electron chi connectivity index (χ2n) is 9.00. The van der Waals surface area contributed by atoms with Crippen LogP contribution >= 0.6 is 0 Å². The molecule has 4 aromatic carbocycles. The molecule has 0 aliphatic heterocycles. The Hall–Kier alpha value is -4.51. The maximum absolute atomic E-state index is 13.8. The molecule has 1 amide bonds. The van der Waals surface area contributed by atoms with Gasteiger partial charge in [0.1, 0.15) is 6.04 Å². The Kier molecular flexibility index (Phi) is 7.94. The van der Waals surface area contributed by atoms with Gasteiger partial charge >= 0.3 is 5.97 Å². The molecule has 0 fully saturated rings. The lowest BCUT2D eigenvalue weighted by atomic mass is 9.75. The monoisotopic (exact) mass is 491 g/mol. The van der Waals surface area contributed by atoms with Crippen LogP contribution in [0.3, 0.4) is 0 Å². The average molecular weight is 492 g/mol. The first-order chi connectivity index (χ1) is 17.9. The molecule has 1 atom stereocenters. The second kappa shape index (κ2) is 11.5. The molecule has 0 aliphatic rings. The van der Waals surface area contributed by atoms with Crippen molar-refractivity contribution in [3.63, 3.8) is 0 Å². The molecule has 0 aromatic heterocycles. The summed E-state index contributed by atoms with van der Waals surface area (Å²) in [7, 11) is 1.30. The molecule has 4 rings (SSSR count). The van der Waals surface area contributed by atoms with Gasteiger partial charge in [0.05, 0.1) is 12.5 Å². The molecular formula is C32H29NO4. The summed E-state index contributed by atoms with van der Waals surface area (Å²) in [6.45, 7) is 1.85. The van der Waals surface area contributed by atoms with Crippen LogP contribution in [0.5, 0.6) is 0 Å². The number of nitrogens with one attached hydrogen (secondary N) is 1. The van der Waals surface area contributed by atoms with Gasteiger partial charge in [0.25, 0.3) is 0 Å². The number of hydrogen-bond donors (Lipinski definition) is 1. The van der Waals surface area contributed by atoms with Crippen molar-refractivity contribution in [2.45, 2.75) is 24.8 Å². The van der Waals surface area contributed by atoms with Crippen LogP contribution in [0.15, 0.2) is 115 Å². The van der Waals surface area contributed by atoms with E-state index in [0.29, 0.717) is 11.1 Å². The van der Waals surface area contributed by atoms with Gasteiger partial charge in [-0.3, -0.25) is 9.59 Å². The Morgan fingerprint density at radius 2 is 1.16 bits per heavy atom. The fraction of sp³-hybridized carbons (Fsp3) is 0.156. The zero-order chi connectivity index (χ0) is 26.3. The van der Waals surface area contributed by atoms with Gasteiger partial charge < -0.3 is 10.1 Å². The summed E-state index contributed by atoms with van der Waals surface area (Å²) in [4.78, 5) is 39.3. The summed E-state index contributed by atoms with van der Waals surface area (Å²) in [5.41, 5.74) is 2.55. The number of benzene rings is 4. The van der Waals surface area contributed by atoms with E-state index >= 15 is 0 Å². The molecule has 0 spiro atoms. The summed E-state index contributed by atoms with van der Waals surface area (Å²) in [5.74, 6) is -0.927. The molecule has 5 heteroatoms. The molecule has 5 nitrogen and oxygen atoms in total. The fourth-order valence-electron chi connectivity index (χ4n) is 4.39. The molecule has 37 heavy (non-hydrogen) atoms. The summed E-state index contributed by atoms with van der Waals surface area (Å²) in [6.07, 6.45) is 0.220. The Morgan fingerprint density at radius 3 is 1.65 bits per heavy atom. The van der Waals surface area contributed by atoms with Crippen molar-refractivity contribution < 1.29 is 19.1 Å². The number of hydrogen-bond acceptors (Lipinski definition) is 4. The Labute approximate surface area is 217 Å². The maximum Gasteiger partial charge on any atom is 0.328 e. The largest absolute Gasteiger partial charge is 0.467 e. The van der Waals surface area contributed by atoms with Crippen molar-refractivity contribution in [1.29, 1.82) is 0 Å². The van der Waals surface area contributed by atoms with Gasteiger partial charge in [0, 0.05) is 17.5 Å². The minimum absolute atomic E-state index is 0.0774. The van der Waals surface area contributed by atoms with E-state index in [0.717, 1.165) is 16.7 Å². The molecule has 4 aromatic rings. The lowest BCUT2D eigenvalue weighted by molar-refractivity contribution is -0.145. The van der Waals surface area contributed by atoms with E-state index < -0.39 is 17.4 Å². The van der Waals surface area contributed by atoms with E-state index in [1.807, 2.05) is 85.8 Å². The van der Waals surface area contributed by atoms with Crippen molar-refractivity contribution >= 4 is 17.7 Å². The summed E-state index contributed by atoms with van der Waals surface area (Å²) < 4.78 is 5.02. The van der Waals surface area contributed by atoms with E-state index in [2.05, 4.69) is 5.32 Å². The minimum atomic E-state index is -1.03. The van der Waals surface area contributed by atoms with Gasteiger partial charge in [-0.25, -0.2) is 4.79 Å². The van der Waals surface area contributed by atoms with Gasteiger partial charge in [0.2, 0.25) is 5.91 Å². The van der Waals surface area contributed by atoms with Crippen molar-refractivity contribution in [3.05, 3.63) is 143 Å². The van der Waals surface area contributed by atoms with E-state index in [9.17, 15) is 14.4 Å². The molecule has 0 saturated carbocycles. The molecule has 0 unspecified atom stereocenters. The molecule has 0 radical (unpaired) electrons. The predicted molar refractivity (Wildman–Crippen MR) is 143 cm³/mol. The van der Waals surface area contributed by atoms with Crippen LogP contribution in [0.25, 0.3) is 0 Å². The third-order valence-electron chi connectivity index (χ3n) is 6.64. The van der Waals surface area contributed by atoms with E-state index in [-0.39, 0.29) is 18.1 Å². The summed E-state index contributed by atoms with van der Waals surface area (Å²) >= 11 is 0. The highest BCUT2D eigenvalue weighted by Crippen LogP contribution is 2.32. The van der Waals surface area contributed by atoms with E-state index in [4.69, 9.17) is 4.74 Å². The van der Waals surface area contributed by atoms with Gasteiger partial charge in [-0.2, -0.15) is 0 Å². The number of amides is 1. The van der Waals surface area contributed by atoms with Crippen LogP contribution in [0.2, 0.25) is 0 Å². The molecule has 1 N–H and O–H groups in total. The third-order valence-corrected chi connectivity index (χ3v) is 6.64. The quantitative estimate of drug-likeness (QED) is 0.260. The molecule has 0 bridgehead atoms. The number of esters is 1. The van der Waals surface area contributed by atoms with Crippen LogP contribution in [-0.2, 0) is 26.2 Å². The van der Waals surface area contributed by atoms with Gasteiger partial charge in [-0.1, -0.05) is 115 Å². The van der Waals surface area contributed by atoms with Gasteiger partial charge in [0.15, 0.2) is 5.78 Å². The summed E-state index contributed by atoms with van der Waals surface area (Å²) in [5, 5.41) is 2.94. The highest BCUT2D eigenvalue weighted by molar-refractivity contribution is 6.09. The average Bonchev–Trinajstić information content (AvgIpc) is 2.97. The molecular weight excluding hydrogens is 462 g/mol. The van der Waals surface area contributed by atoms with E-state index in [1.54, 1.807) is 36.4 Å². The first-order valence-electron chi connectivity index (χ1n) is 12.1. The Morgan fingerprint density at radius 1 is 0.703 bits per heavy atom. The Bertz CT molecular complexity index is 1310. The first-order valence-corrected chi connectivity index (χ1v) is 12.1. The number of carbonyl (C=O) groups is 3. The molecule has 0 aliphatic carbocycles. The lowest BCUT2D eigenvalue weighted by Gasteiger charge is -2.31. The van der Waals surface area contributed by atoms with Crippen molar-refractivity contribution in [2.75, 3.05) is 7.11 Å². The van der Waals surface area contributed by atoms with Crippen LogP contribution in [0, 0.1) is 0 Å². The number of carbonyl (C=O) groups excluding carboxylic acids is 3. The smallest absolute Gasteiger partial charge is 0.328 e. The van der Waals surface area contributed by atoms with Crippen LogP contribution < -0.4 is 5.32 Å². The normalized spacial score (nSPS) is 11.8. The van der Waals surface area contributed by atoms with Crippen molar-refractivity contribution in [1.82, 2.24) is 5.32 Å². The Balaban J connectivity index is 1.58. The zero-order valence-electron chi connectivity index (χ0n) is 20.9. The third kappa shape index (κ3) is 5.67. The van der Waals surface area contributed by atoms with Gasteiger partial charge in [-0.05, 0) is 23.6 Å². The minimum Gasteiger partial charge on any atom is -0.467 e. The highest BCUT2D eigenvalue weighted by atomic mass is 16.5. The second-order valence-corrected chi connectivity index (χ2v) is 9.00. The molecule has 0 heterocycles. The predicted octanol–water partition coefficient (Wildman–Crippen LogP) is 5.12. The van der Waals surface area contributed by atoms with Crippen LogP contribution in [0.4, 0.5) is 0 Å². The topological polar surface area (TPSA) is 72.5 Å². The maximum atomic E-state index is 13.8. The number of ketones is 1. The van der Waals surface area contributed by atoms with Crippen LogP contribution in [-0.4, -0.2) is 30.8 Å². The first kappa shape index (κ1) is 25.6. The van der Waals surface area contributed by atoms with Gasteiger partial charge in [-0.15, -0.1) is 0 Å². The zero-order valence-corrected chi connectivity index (χ0v) is 20.9. The number of ether oxygens (including phenoxy) is 1. The molecule has 0 saturated heterocycles. The highest BCUT2D eigenvalue weighted by Gasteiger charge is 2.39. The standard InChI is InChI=1S/C32H29NO4/c1-32(26-14-8-4-9-15-26,27-16-10-5-11-17-27)31(36)33-28(30(35)37-2)22-23-18-20-25(21-19-23)29(34)24-12-6-3-7-13-24/h3-21,28H,22H2,1-2H3,(H,33,36)/t28-/m0/s1. The van der Waals surface area contributed by atoms with Crippen LogP contribution in [0.1, 0.15) is 39.5 Å². The number of rotatable bonds is 9. The summed E-state index contributed by atoms with van der Waals surface area (Å²) in [6, 6.07) is 34.2. The molecule has 186 valence electrons.